The molecule has 3 atom stereocenters. The molecule has 0 aromatic carbocycles. The Balaban J connectivity index is 1.72. The second-order valence-electron chi connectivity index (χ2n) is 10.7. The Hall–Kier alpha value is -2.60. The molecule has 218 valence electrons. The maximum absolute atomic E-state index is 14.1. The van der Waals surface area contributed by atoms with E-state index in [-0.39, 0.29) is 18.0 Å². The number of carbonyl (C=O) groups is 2. The molecule has 0 spiro atoms. The van der Waals surface area contributed by atoms with Crippen molar-refractivity contribution < 1.29 is 32.9 Å². The van der Waals surface area contributed by atoms with E-state index >= 15 is 0 Å². The molecule has 13 nitrogen and oxygen atoms in total. The van der Waals surface area contributed by atoms with Crippen LogP contribution in [0.15, 0.2) is 12.7 Å². The van der Waals surface area contributed by atoms with Crippen LogP contribution in [0, 0.1) is 0 Å². The first-order valence-electron chi connectivity index (χ1n) is 13.3. The van der Waals surface area contributed by atoms with Crippen molar-refractivity contribution >= 4 is 36.4 Å². The Morgan fingerprint density at radius 1 is 1.15 bits per heavy atom. The molecule has 0 bridgehead atoms. The number of esters is 2. The number of aromatic nitrogens is 4. The molecular weight excluding hydrogens is 527 g/mol. The highest BCUT2D eigenvalue weighted by molar-refractivity contribution is 7.56. The summed E-state index contributed by atoms with van der Waals surface area (Å²) in [5, 5.41) is 2.82. The lowest BCUT2D eigenvalue weighted by atomic mass is 9.97. The summed E-state index contributed by atoms with van der Waals surface area (Å²) in [5.74, 6) is -0.963. The molecule has 3 N–H and O–H groups in total. The smallest absolute Gasteiger partial charge is 0.335 e. The van der Waals surface area contributed by atoms with Crippen LogP contribution in [0.4, 0.5) is 5.82 Å². The molecule has 3 rings (SSSR count). The van der Waals surface area contributed by atoms with Crippen LogP contribution in [0.1, 0.15) is 73.6 Å². The molecule has 1 aliphatic rings. The van der Waals surface area contributed by atoms with Crippen LogP contribution >= 0.6 is 7.52 Å². The number of imidazole rings is 1. The monoisotopic (exact) mass is 568 g/mol. The van der Waals surface area contributed by atoms with Crippen LogP contribution in [-0.2, 0) is 39.4 Å². The number of nitrogens with zero attached hydrogens (tertiary/aromatic N) is 4. The van der Waals surface area contributed by atoms with Gasteiger partial charge in [0.25, 0.3) is 7.52 Å². The Bertz CT molecular complexity index is 1180. The summed E-state index contributed by atoms with van der Waals surface area (Å²) in [5.41, 5.74) is 5.49. The fourth-order valence-electron chi connectivity index (χ4n) is 4.26. The van der Waals surface area contributed by atoms with Crippen LogP contribution < -0.4 is 10.8 Å². The van der Waals surface area contributed by atoms with E-state index in [1.807, 2.05) is 0 Å². The van der Waals surface area contributed by atoms with E-state index in [1.165, 1.54) is 13.3 Å². The zero-order chi connectivity index (χ0) is 28.8. The van der Waals surface area contributed by atoms with Crippen LogP contribution in [0.25, 0.3) is 11.2 Å². The predicted molar refractivity (Wildman–Crippen MR) is 145 cm³/mol. The number of ether oxygens (including phenoxy) is 3. The van der Waals surface area contributed by atoms with Gasteiger partial charge < -0.3 is 29.0 Å². The van der Waals surface area contributed by atoms with Gasteiger partial charge in [0.15, 0.2) is 17.6 Å². The summed E-state index contributed by atoms with van der Waals surface area (Å²) >= 11 is 0. The summed E-state index contributed by atoms with van der Waals surface area (Å²) in [6.45, 7) is 10.1. The minimum atomic E-state index is -3.95. The van der Waals surface area contributed by atoms with Gasteiger partial charge in [-0.2, -0.15) is 0 Å². The molecule has 1 saturated carbocycles. The first-order valence-corrected chi connectivity index (χ1v) is 15.1. The average molecular weight is 569 g/mol. The van der Waals surface area contributed by atoms with Crippen molar-refractivity contribution in [1.29, 1.82) is 0 Å². The maximum Gasteiger partial charge on any atom is 0.335 e. The third-order valence-corrected chi connectivity index (χ3v) is 8.26. The number of hydrogen-bond donors (Lipinski definition) is 2. The van der Waals surface area contributed by atoms with Crippen molar-refractivity contribution in [2.45, 2.75) is 110 Å². The van der Waals surface area contributed by atoms with Crippen molar-refractivity contribution in [2.75, 3.05) is 12.1 Å². The topological polar surface area (TPSA) is 170 Å². The van der Waals surface area contributed by atoms with E-state index in [9.17, 15) is 14.2 Å². The first kappa shape index (κ1) is 30.9. The number of nitrogen functional groups attached to an aromatic ring is 1. The number of carbonyl (C=O) groups excluding carboxylic acids is 2. The highest BCUT2D eigenvalue weighted by Gasteiger charge is 2.41. The van der Waals surface area contributed by atoms with E-state index in [4.69, 9.17) is 24.5 Å². The van der Waals surface area contributed by atoms with Gasteiger partial charge in [-0.25, -0.2) is 24.8 Å². The maximum atomic E-state index is 14.1. The van der Waals surface area contributed by atoms with Crippen molar-refractivity contribution in [3.8, 4) is 0 Å². The van der Waals surface area contributed by atoms with Gasteiger partial charge in [0.2, 0.25) is 0 Å². The predicted octanol–water partition coefficient (Wildman–Crippen LogP) is 3.57. The van der Waals surface area contributed by atoms with E-state index in [1.54, 1.807) is 45.5 Å². The van der Waals surface area contributed by atoms with Crippen molar-refractivity contribution in [3.05, 3.63) is 12.7 Å². The number of rotatable bonds is 13. The molecule has 1 fully saturated rings. The van der Waals surface area contributed by atoms with Gasteiger partial charge >= 0.3 is 11.9 Å². The molecule has 0 saturated heterocycles. The highest BCUT2D eigenvalue weighted by Crippen LogP contribution is 2.46. The number of hydrogen-bond acceptors (Lipinski definition) is 11. The molecule has 2 heterocycles. The fraction of sp³-hybridized carbons (Fsp3) is 0.720. The molecule has 0 aliphatic heterocycles. The Kier molecular flexibility index (Phi) is 10.4. The third-order valence-electron chi connectivity index (χ3n) is 6.21. The Labute approximate surface area is 229 Å². The SMILES string of the molecule is CC(C)OC(=O)C(C)OP(=O)(COC(C)Cn1cnc2c(N)ncnc21)NC(C)(C)C(=O)OC1CCCCC1. The molecule has 0 amide bonds. The Morgan fingerprint density at radius 2 is 1.85 bits per heavy atom. The lowest BCUT2D eigenvalue weighted by Crippen LogP contribution is -2.48. The molecule has 0 radical (unpaired) electrons. The molecule has 2 aromatic heterocycles. The second-order valence-corrected chi connectivity index (χ2v) is 12.8. The van der Waals surface area contributed by atoms with Crippen molar-refractivity contribution in [3.63, 3.8) is 0 Å². The quantitative estimate of drug-likeness (QED) is 0.266. The van der Waals surface area contributed by atoms with Gasteiger partial charge in [-0.15, -0.1) is 0 Å². The zero-order valence-corrected chi connectivity index (χ0v) is 24.5. The summed E-state index contributed by atoms with van der Waals surface area (Å²) < 4.78 is 38.4. The van der Waals surface area contributed by atoms with Gasteiger partial charge in [-0.3, -0.25) is 9.36 Å². The van der Waals surface area contributed by atoms with Crippen LogP contribution in [0.2, 0.25) is 0 Å². The van der Waals surface area contributed by atoms with Gasteiger partial charge in [-0.05, 0) is 67.2 Å². The third kappa shape index (κ3) is 8.69. The molecular formula is C25H41N6O7P. The molecule has 1 aliphatic carbocycles. The lowest BCUT2D eigenvalue weighted by Gasteiger charge is -2.33. The van der Waals surface area contributed by atoms with Gasteiger partial charge in [0.1, 0.15) is 29.8 Å². The first-order chi connectivity index (χ1) is 18.3. The Morgan fingerprint density at radius 3 is 2.51 bits per heavy atom. The van der Waals surface area contributed by atoms with Crippen molar-refractivity contribution in [2.24, 2.45) is 0 Å². The van der Waals surface area contributed by atoms with E-state index in [0.29, 0.717) is 17.7 Å². The van der Waals surface area contributed by atoms with Crippen LogP contribution in [0.5, 0.6) is 0 Å². The zero-order valence-electron chi connectivity index (χ0n) is 23.6. The fourth-order valence-corrected chi connectivity index (χ4v) is 6.42. The van der Waals surface area contributed by atoms with E-state index < -0.39 is 43.6 Å². The van der Waals surface area contributed by atoms with E-state index in [0.717, 1.165) is 32.1 Å². The minimum absolute atomic E-state index is 0.174. The second kappa shape index (κ2) is 13.2. The van der Waals surface area contributed by atoms with Crippen molar-refractivity contribution in [1.82, 2.24) is 24.6 Å². The summed E-state index contributed by atoms with van der Waals surface area (Å²) in [7, 11) is -3.95. The molecule has 14 heteroatoms. The van der Waals surface area contributed by atoms with Crippen LogP contribution in [0.3, 0.4) is 0 Å². The minimum Gasteiger partial charge on any atom is -0.461 e. The summed E-state index contributed by atoms with van der Waals surface area (Å²) in [6, 6.07) is 0. The summed E-state index contributed by atoms with van der Waals surface area (Å²) in [6.07, 6.45) is 5.01. The lowest BCUT2D eigenvalue weighted by molar-refractivity contribution is -0.156. The number of fused-ring (bicyclic) bond motifs is 1. The summed E-state index contributed by atoms with van der Waals surface area (Å²) in [4.78, 5) is 37.9. The largest absolute Gasteiger partial charge is 0.461 e. The number of nitrogens with one attached hydrogen (secondary N) is 1. The normalized spacial score (nSPS) is 18.0. The number of nitrogens with two attached hydrogens (primary N) is 1. The molecule has 39 heavy (non-hydrogen) atoms. The van der Waals surface area contributed by atoms with Gasteiger partial charge in [-0.1, -0.05) is 6.42 Å². The standard InChI is InChI=1S/C25H41N6O7P/c1-16(2)36-23(32)18(4)38-39(34,30-25(5,6)24(33)37-19-10-8-7-9-11-19)15-35-17(3)12-31-14-29-20-21(26)27-13-28-22(20)31/h13-14,16-19H,7-12,15H2,1-6H3,(H,30,34)(H2,26,27,28). The number of anilines is 1. The molecule has 2 aromatic rings. The average Bonchev–Trinajstić information content (AvgIpc) is 3.26. The van der Waals surface area contributed by atoms with Gasteiger partial charge in [0, 0.05) is 0 Å². The molecule has 3 unspecified atom stereocenters. The van der Waals surface area contributed by atoms with Gasteiger partial charge in [0.05, 0.1) is 25.1 Å². The van der Waals surface area contributed by atoms with Crippen LogP contribution in [-0.4, -0.2) is 67.8 Å². The highest BCUT2D eigenvalue weighted by atomic mass is 31.2. The van der Waals surface area contributed by atoms with E-state index in [2.05, 4.69) is 20.0 Å².